The summed E-state index contributed by atoms with van der Waals surface area (Å²) >= 11 is 0. The Balaban J connectivity index is 0. The number of nitrogens with zero attached hydrogens (tertiary/aromatic N) is 2. The third-order valence-electron chi connectivity index (χ3n) is 5.39. The summed E-state index contributed by atoms with van der Waals surface area (Å²) in [7, 11) is -8.70. The Kier molecular flexibility index (Phi) is 18.5. The SMILES string of the molecule is C=C(C)C(=O)OCCCCCCCC[N+](C)(C)CCCCCCC.O=S(=O)([N-]S(=O)(=O)C(F)(F)F)C(F)(F)F. The van der Waals surface area contributed by atoms with Crippen LogP contribution in [-0.4, -0.2) is 72.1 Å². The van der Waals surface area contributed by atoms with E-state index in [2.05, 4.69) is 27.6 Å². The van der Waals surface area contributed by atoms with Crippen LogP contribution in [0, 0.1) is 0 Å². The van der Waals surface area contributed by atoms with Crippen LogP contribution in [0.15, 0.2) is 12.2 Å². The number of carbonyl (C=O) groups excluding carboxylic acids is 1. The molecule has 0 fully saturated rings. The van der Waals surface area contributed by atoms with Crippen molar-refractivity contribution < 1.29 is 57.2 Å². The molecule has 0 saturated heterocycles. The van der Waals surface area contributed by atoms with Gasteiger partial charge in [-0.2, -0.15) is 26.3 Å². The number of alkyl halides is 6. The molecule has 0 aromatic carbocycles. The zero-order chi connectivity index (χ0) is 31.0. The molecule has 0 spiro atoms. The van der Waals surface area contributed by atoms with Crippen molar-refractivity contribution in [2.24, 2.45) is 0 Å². The van der Waals surface area contributed by atoms with Crippen LogP contribution in [-0.2, 0) is 29.6 Å². The summed E-state index contributed by atoms with van der Waals surface area (Å²) in [4.78, 5) is 11.2. The minimum absolute atomic E-state index is 0.260. The predicted octanol–water partition coefficient (Wildman–Crippen LogP) is 6.55. The zero-order valence-electron chi connectivity index (χ0n) is 23.0. The molecule has 39 heavy (non-hydrogen) atoms. The first-order valence-electron chi connectivity index (χ1n) is 12.6. The number of rotatable bonds is 18. The Labute approximate surface area is 228 Å². The number of hydrogen-bond acceptors (Lipinski definition) is 6. The molecule has 0 amide bonds. The highest BCUT2D eigenvalue weighted by molar-refractivity contribution is 8.13. The van der Waals surface area contributed by atoms with Crippen molar-refractivity contribution in [3.63, 3.8) is 0 Å². The highest BCUT2D eigenvalue weighted by Gasteiger charge is 2.46. The first-order chi connectivity index (χ1) is 17.6. The third-order valence-corrected chi connectivity index (χ3v) is 8.13. The van der Waals surface area contributed by atoms with E-state index < -0.39 is 31.1 Å². The largest absolute Gasteiger partial charge is 0.480 e. The average Bonchev–Trinajstić information content (AvgIpc) is 2.75. The van der Waals surface area contributed by atoms with Crippen LogP contribution in [0.5, 0.6) is 0 Å². The second-order valence-electron chi connectivity index (χ2n) is 9.75. The van der Waals surface area contributed by atoms with Gasteiger partial charge in [0.25, 0.3) is 0 Å². The Bertz CT molecular complexity index is 892. The maximum absolute atomic E-state index is 11.4. The van der Waals surface area contributed by atoms with Gasteiger partial charge in [0.15, 0.2) is 20.0 Å². The summed E-state index contributed by atoms with van der Waals surface area (Å²) in [6.45, 7) is 10.7. The number of esters is 1. The number of carbonyl (C=O) groups is 1. The zero-order valence-corrected chi connectivity index (χ0v) is 24.7. The molecule has 0 aliphatic rings. The molecular weight excluding hydrogens is 578 g/mol. The quantitative estimate of drug-likeness (QED) is 0.0565. The maximum Gasteiger partial charge on any atom is 0.480 e. The monoisotopic (exact) mass is 620 g/mol. The molecule has 0 bridgehead atoms. The van der Waals surface area contributed by atoms with E-state index in [1.165, 1.54) is 75.4 Å². The first-order valence-corrected chi connectivity index (χ1v) is 15.5. The molecule has 16 heteroatoms. The van der Waals surface area contributed by atoms with Crippen molar-refractivity contribution in [2.45, 2.75) is 95.5 Å². The summed E-state index contributed by atoms with van der Waals surface area (Å²) in [5, 5.41) is 0. The van der Waals surface area contributed by atoms with Gasteiger partial charge in [-0.15, -0.1) is 0 Å². The molecule has 0 aromatic heterocycles. The Hall–Kier alpha value is -1.39. The van der Waals surface area contributed by atoms with Gasteiger partial charge in [0.05, 0.1) is 33.8 Å². The van der Waals surface area contributed by atoms with E-state index in [1.54, 1.807) is 6.92 Å². The second-order valence-corrected chi connectivity index (χ2v) is 13.2. The van der Waals surface area contributed by atoms with E-state index >= 15 is 0 Å². The van der Waals surface area contributed by atoms with E-state index in [-0.39, 0.29) is 5.97 Å². The molecule has 0 aliphatic heterocycles. The summed E-state index contributed by atoms with van der Waals surface area (Å²) < 4.78 is 115. The van der Waals surface area contributed by atoms with Gasteiger partial charge in [0, 0.05) is 5.57 Å². The lowest BCUT2D eigenvalue weighted by atomic mass is 10.1. The summed E-state index contributed by atoms with van der Waals surface area (Å²) in [5.74, 6) is -0.260. The van der Waals surface area contributed by atoms with Crippen molar-refractivity contribution in [2.75, 3.05) is 33.8 Å². The lowest BCUT2D eigenvalue weighted by molar-refractivity contribution is -0.890. The lowest BCUT2D eigenvalue weighted by Gasteiger charge is -2.30. The molecule has 0 atom stereocenters. The fourth-order valence-corrected chi connectivity index (χ4v) is 4.82. The normalized spacial score (nSPS) is 13.0. The van der Waals surface area contributed by atoms with Crippen molar-refractivity contribution >= 4 is 26.0 Å². The number of hydrogen-bond donors (Lipinski definition) is 0. The van der Waals surface area contributed by atoms with Crippen molar-refractivity contribution in [3.05, 3.63) is 16.3 Å². The van der Waals surface area contributed by atoms with E-state index in [1.807, 2.05) is 0 Å². The van der Waals surface area contributed by atoms with Gasteiger partial charge in [-0.3, -0.25) is 0 Å². The van der Waals surface area contributed by atoms with Gasteiger partial charge in [-0.05, 0) is 39.0 Å². The topological polar surface area (TPSA) is 109 Å². The smallest absolute Gasteiger partial charge is 0.462 e. The van der Waals surface area contributed by atoms with Crippen LogP contribution in [0.2, 0.25) is 0 Å². The highest BCUT2D eigenvalue weighted by Crippen LogP contribution is 2.36. The number of halogens is 6. The molecule has 0 radical (unpaired) electrons. The maximum atomic E-state index is 11.4. The average molecular weight is 621 g/mol. The van der Waals surface area contributed by atoms with Gasteiger partial charge in [-0.25, -0.2) is 21.6 Å². The fourth-order valence-electron chi connectivity index (χ4n) is 3.11. The van der Waals surface area contributed by atoms with E-state index in [4.69, 9.17) is 4.74 Å². The van der Waals surface area contributed by atoms with E-state index in [0.717, 1.165) is 17.0 Å². The number of sulfonamides is 2. The van der Waals surface area contributed by atoms with Gasteiger partial charge in [0.2, 0.25) is 0 Å². The Morgan fingerprint density at radius 1 is 0.744 bits per heavy atom. The summed E-state index contributed by atoms with van der Waals surface area (Å²) in [6, 6.07) is 0. The highest BCUT2D eigenvalue weighted by atomic mass is 32.3. The van der Waals surface area contributed by atoms with Crippen LogP contribution in [0.4, 0.5) is 26.3 Å². The van der Waals surface area contributed by atoms with E-state index in [9.17, 15) is 48.0 Å². The molecule has 0 aliphatic carbocycles. The summed E-state index contributed by atoms with van der Waals surface area (Å²) in [6.07, 6.45) is 14.2. The van der Waals surface area contributed by atoms with E-state index in [0.29, 0.717) is 12.2 Å². The fraction of sp³-hybridized carbons (Fsp3) is 0.870. The van der Waals surface area contributed by atoms with Crippen LogP contribution in [0.1, 0.15) is 84.5 Å². The molecule has 0 saturated carbocycles. The molecule has 0 N–H and O–H groups in total. The van der Waals surface area contributed by atoms with Gasteiger partial charge >= 0.3 is 17.0 Å². The van der Waals surface area contributed by atoms with Crippen LogP contribution in [0.3, 0.4) is 0 Å². The molecule has 0 rings (SSSR count). The summed E-state index contributed by atoms with van der Waals surface area (Å²) in [5.41, 5.74) is -11.9. The first kappa shape index (κ1) is 39.8. The van der Waals surface area contributed by atoms with Gasteiger partial charge in [0.1, 0.15) is 0 Å². The van der Waals surface area contributed by atoms with Gasteiger partial charge in [-0.1, -0.05) is 52.0 Å². The van der Waals surface area contributed by atoms with Crippen molar-refractivity contribution in [1.29, 1.82) is 0 Å². The molecule has 234 valence electrons. The molecule has 8 nitrogen and oxygen atoms in total. The Morgan fingerprint density at radius 3 is 1.46 bits per heavy atom. The number of quaternary nitrogens is 1. The second kappa shape index (κ2) is 18.1. The van der Waals surface area contributed by atoms with Crippen molar-refractivity contribution in [1.82, 2.24) is 0 Å². The van der Waals surface area contributed by atoms with Gasteiger partial charge < -0.3 is 13.3 Å². The standard InChI is InChI=1S/C21H42NO2.C2F6NO4S2/c1-6-7-8-11-14-17-22(4,5)18-15-12-9-10-13-16-19-24-21(23)20(2)3;3-1(4,5)14(10,11)9-15(12,13)2(6,7)8/h2,6-19H2,1,3-5H3;/q+1;-1. The number of ether oxygens (including phenoxy) is 1. The van der Waals surface area contributed by atoms with Crippen LogP contribution in [0.25, 0.3) is 4.13 Å². The van der Waals surface area contributed by atoms with Crippen LogP contribution >= 0.6 is 0 Å². The Morgan fingerprint density at radius 2 is 1.10 bits per heavy atom. The minimum atomic E-state index is -6.72. The minimum Gasteiger partial charge on any atom is -0.462 e. The molecular formula is C23H42F6N2O6S2. The lowest BCUT2D eigenvalue weighted by Crippen LogP contribution is -2.41. The third kappa shape index (κ3) is 19.3. The predicted molar refractivity (Wildman–Crippen MR) is 137 cm³/mol. The van der Waals surface area contributed by atoms with Crippen molar-refractivity contribution in [3.8, 4) is 0 Å². The van der Waals surface area contributed by atoms with Crippen LogP contribution < -0.4 is 0 Å². The molecule has 0 unspecified atom stereocenters. The number of unbranched alkanes of at least 4 members (excludes halogenated alkanes) is 9. The molecule has 0 heterocycles. The molecule has 0 aromatic rings.